The lowest BCUT2D eigenvalue weighted by molar-refractivity contribution is -0.496. The molecule has 1 aliphatic heterocycles. The summed E-state index contributed by atoms with van der Waals surface area (Å²) < 4.78 is 33.3. The van der Waals surface area contributed by atoms with Gasteiger partial charge in [0.15, 0.2) is 0 Å². The molecule has 0 saturated carbocycles. The van der Waals surface area contributed by atoms with Crippen LogP contribution in [0.1, 0.15) is 24.5 Å². The molecule has 0 bridgehead atoms. The number of likely N-dealkylation sites (N-methyl/N-ethyl adjacent to an activating group) is 1. The predicted molar refractivity (Wildman–Crippen MR) is 84.9 cm³/mol. The molecule has 0 aromatic heterocycles. The first-order valence-corrected chi connectivity index (χ1v) is 8.25. The molecule has 0 aliphatic carbocycles. The number of fused-ring (bicyclic) bond motifs is 1. The molecule has 0 amide bonds. The normalized spacial score (nSPS) is 14.1. The molecular weight excluding hydrogens is 310 g/mol. The van der Waals surface area contributed by atoms with Crippen molar-refractivity contribution in [3.05, 3.63) is 35.4 Å². The molecule has 1 heterocycles. The molecule has 116 valence electrons. The van der Waals surface area contributed by atoms with Crippen molar-refractivity contribution < 1.29 is 21.7 Å². The average molecular weight is 329 g/mol. The fourth-order valence-electron chi connectivity index (χ4n) is 2.11. The summed E-state index contributed by atoms with van der Waals surface area (Å²) in [5.41, 5.74) is 4.02. The lowest BCUT2D eigenvalue weighted by Gasteiger charge is -2.16. The first-order chi connectivity index (χ1) is 9.80. The second-order valence-electron chi connectivity index (χ2n) is 4.53. The van der Waals surface area contributed by atoms with Gasteiger partial charge >= 0.3 is 0 Å². The van der Waals surface area contributed by atoms with E-state index in [0.29, 0.717) is 0 Å². The molecule has 2 rings (SSSR count). The predicted octanol–water partition coefficient (Wildman–Crippen LogP) is 1.55. The van der Waals surface area contributed by atoms with Gasteiger partial charge in [0.2, 0.25) is 16.1 Å². The molecule has 0 fully saturated rings. The maximum Gasteiger partial charge on any atom is 0.221 e. The van der Waals surface area contributed by atoms with Crippen molar-refractivity contribution in [1.82, 2.24) is 0 Å². The number of benzene rings is 1. The Morgan fingerprint density at radius 2 is 2.00 bits per heavy atom. The Morgan fingerprint density at radius 1 is 1.43 bits per heavy atom. The van der Waals surface area contributed by atoms with Crippen LogP contribution in [-0.2, 0) is 21.0 Å². The smallest absolute Gasteiger partial charge is 0.221 e. The second kappa shape index (κ2) is 7.74. The third kappa shape index (κ3) is 5.28. The fourth-order valence-corrected chi connectivity index (χ4v) is 2.37. The average Bonchev–Trinajstić information content (AvgIpc) is 2.46. The van der Waals surface area contributed by atoms with E-state index >= 15 is 0 Å². The Hall–Kier alpha value is -1.15. The van der Waals surface area contributed by atoms with Crippen LogP contribution in [-0.4, -0.2) is 48.8 Å². The van der Waals surface area contributed by atoms with Crippen LogP contribution in [0.3, 0.4) is 0 Å². The van der Waals surface area contributed by atoms with Crippen LogP contribution in [0.15, 0.2) is 24.3 Å². The monoisotopic (exact) mass is 329 g/mol. The minimum absolute atomic E-state index is 0.808. The van der Waals surface area contributed by atoms with E-state index in [2.05, 4.69) is 47.0 Å². The Bertz CT molecular complexity index is 651. The summed E-state index contributed by atoms with van der Waals surface area (Å²) in [6, 6.07) is 8.59. The standard InChI is InChI=1S/C13H16NS.CH4O4S/c1-3-12(15)13-11-7-5-4-6-10(11)8-9-14(13)2;1-5-6(2,3)4/h4-7H,3,8-9H2,1-2H3;1H3,(H,2,3,4)/q+1;/p-1. The summed E-state index contributed by atoms with van der Waals surface area (Å²) in [4.78, 5) is 1.07. The van der Waals surface area contributed by atoms with Gasteiger partial charge in [-0.2, -0.15) is 0 Å². The van der Waals surface area contributed by atoms with Crippen LogP contribution >= 0.6 is 12.2 Å². The number of hydrogen-bond acceptors (Lipinski definition) is 5. The van der Waals surface area contributed by atoms with E-state index in [4.69, 9.17) is 12.2 Å². The van der Waals surface area contributed by atoms with E-state index in [1.54, 1.807) is 0 Å². The molecule has 5 nitrogen and oxygen atoms in total. The van der Waals surface area contributed by atoms with Crippen molar-refractivity contribution in [2.24, 2.45) is 0 Å². The van der Waals surface area contributed by atoms with Crippen molar-refractivity contribution >= 4 is 33.2 Å². The second-order valence-corrected chi connectivity index (χ2v) is 6.17. The highest BCUT2D eigenvalue weighted by Crippen LogP contribution is 2.16. The molecule has 0 saturated heterocycles. The Morgan fingerprint density at radius 3 is 2.52 bits per heavy atom. The van der Waals surface area contributed by atoms with E-state index in [1.165, 1.54) is 16.8 Å². The summed E-state index contributed by atoms with van der Waals surface area (Å²) >= 11 is 5.45. The van der Waals surface area contributed by atoms with Gasteiger partial charge in [0, 0.05) is 6.42 Å². The first kappa shape index (κ1) is 17.9. The fraction of sp³-hybridized carbons (Fsp3) is 0.429. The number of rotatable bonds is 3. The third-order valence-electron chi connectivity index (χ3n) is 3.16. The largest absolute Gasteiger partial charge is 0.726 e. The van der Waals surface area contributed by atoms with Gasteiger partial charge in [-0.3, -0.25) is 4.18 Å². The van der Waals surface area contributed by atoms with Crippen molar-refractivity contribution in [2.45, 2.75) is 19.8 Å². The van der Waals surface area contributed by atoms with E-state index in [-0.39, 0.29) is 0 Å². The minimum atomic E-state index is -4.41. The van der Waals surface area contributed by atoms with Crippen LogP contribution in [0.4, 0.5) is 0 Å². The first-order valence-electron chi connectivity index (χ1n) is 6.51. The van der Waals surface area contributed by atoms with Gasteiger partial charge in [0.1, 0.15) is 13.6 Å². The van der Waals surface area contributed by atoms with Crippen LogP contribution in [0, 0.1) is 0 Å². The van der Waals surface area contributed by atoms with Gasteiger partial charge in [-0.05, 0) is 18.1 Å². The SMILES string of the molecule is CCC(=S)C1=[N+](C)CCc2ccccc21.COS(=O)(=O)[O-]. The number of thiocarbonyl (C=S) groups is 1. The summed E-state index contributed by atoms with van der Waals surface area (Å²) in [5.74, 6) is 0. The molecule has 21 heavy (non-hydrogen) atoms. The molecular formula is C14H19NO4S2. The van der Waals surface area contributed by atoms with E-state index in [0.717, 1.165) is 31.4 Å². The molecule has 1 aliphatic rings. The van der Waals surface area contributed by atoms with Crippen molar-refractivity contribution in [2.75, 3.05) is 20.7 Å². The van der Waals surface area contributed by atoms with E-state index < -0.39 is 10.4 Å². The van der Waals surface area contributed by atoms with Crippen molar-refractivity contribution in [3.63, 3.8) is 0 Å². The molecule has 0 unspecified atom stereocenters. The van der Waals surface area contributed by atoms with E-state index in [9.17, 15) is 13.0 Å². The van der Waals surface area contributed by atoms with Gasteiger partial charge in [0.05, 0.1) is 17.5 Å². The van der Waals surface area contributed by atoms with Gasteiger partial charge < -0.3 is 4.55 Å². The van der Waals surface area contributed by atoms with Crippen molar-refractivity contribution in [3.8, 4) is 0 Å². The van der Waals surface area contributed by atoms with Crippen LogP contribution in [0.25, 0.3) is 0 Å². The summed E-state index contributed by atoms with van der Waals surface area (Å²) in [5, 5.41) is 0. The highest BCUT2D eigenvalue weighted by molar-refractivity contribution is 7.82. The molecule has 0 atom stereocenters. The van der Waals surface area contributed by atoms with E-state index in [1.807, 2.05) is 0 Å². The summed E-state index contributed by atoms with van der Waals surface area (Å²) in [7, 11) is -1.47. The zero-order chi connectivity index (χ0) is 16.0. The summed E-state index contributed by atoms with van der Waals surface area (Å²) in [6.07, 6.45) is 2.08. The summed E-state index contributed by atoms with van der Waals surface area (Å²) in [6.45, 7) is 3.20. The maximum absolute atomic E-state index is 9.22. The van der Waals surface area contributed by atoms with Gasteiger partial charge in [0.25, 0.3) is 0 Å². The molecule has 0 radical (unpaired) electrons. The van der Waals surface area contributed by atoms with Crippen LogP contribution < -0.4 is 0 Å². The van der Waals surface area contributed by atoms with Gasteiger partial charge in [-0.15, -0.1) is 0 Å². The molecule has 7 heteroatoms. The van der Waals surface area contributed by atoms with Crippen LogP contribution in [0.2, 0.25) is 0 Å². The number of hydrogen-bond donors (Lipinski definition) is 0. The Labute approximate surface area is 131 Å². The van der Waals surface area contributed by atoms with Gasteiger partial charge in [-0.1, -0.05) is 37.3 Å². The molecule has 0 spiro atoms. The van der Waals surface area contributed by atoms with Gasteiger partial charge in [-0.25, -0.2) is 13.0 Å². The third-order valence-corrected chi connectivity index (χ3v) is 4.05. The number of nitrogens with zero attached hydrogens (tertiary/aromatic N) is 1. The molecule has 1 aromatic carbocycles. The molecule has 0 N–H and O–H groups in total. The Balaban J connectivity index is 0.000000315. The highest BCUT2D eigenvalue weighted by Gasteiger charge is 2.25. The zero-order valence-electron chi connectivity index (χ0n) is 12.3. The van der Waals surface area contributed by atoms with Crippen molar-refractivity contribution in [1.29, 1.82) is 0 Å². The topological polar surface area (TPSA) is 69.4 Å². The lowest BCUT2D eigenvalue weighted by atomic mass is 9.94. The quantitative estimate of drug-likeness (QED) is 0.364. The molecule has 1 aromatic rings. The lowest BCUT2D eigenvalue weighted by Crippen LogP contribution is -2.32. The maximum atomic E-state index is 9.22. The zero-order valence-corrected chi connectivity index (χ0v) is 14.0. The highest BCUT2D eigenvalue weighted by atomic mass is 32.3. The minimum Gasteiger partial charge on any atom is -0.726 e. The Kier molecular flexibility index (Phi) is 6.60. The van der Waals surface area contributed by atoms with Crippen LogP contribution in [0.5, 0.6) is 0 Å².